The average Bonchev–Trinajstić information content (AvgIpc) is 2.90. The van der Waals surface area contributed by atoms with Crippen LogP contribution in [0.4, 0.5) is 0 Å². The zero-order chi connectivity index (χ0) is 14.1. The minimum absolute atomic E-state index is 0.0335. The lowest BCUT2D eigenvalue weighted by Gasteiger charge is -2.31. The molecule has 3 rings (SSSR count). The Labute approximate surface area is 122 Å². The fourth-order valence-electron chi connectivity index (χ4n) is 2.87. The van der Waals surface area contributed by atoms with E-state index >= 15 is 0 Å². The van der Waals surface area contributed by atoms with E-state index in [1.807, 2.05) is 17.0 Å². The Balaban J connectivity index is 1.60. The second-order valence-electron chi connectivity index (χ2n) is 5.36. The summed E-state index contributed by atoms with van der Waals surface area (Å²) in [6.45, 7) is 1.15. The Bertz CT molecular complexity index is 513. The number of thioether (sulfide) groups is 1. The first-order chi connectivity index (χ1) is 9.65. The third kappa shape index (κ3) is 2.54. The summed E-state index contributed by atoms with van der Waals surface area (Å²) in [4.78, 5) is 26.5. The van der Waals surface area contributed by atoms with E-state index < -0.39 is 5.97 Å². The highest BCUT2D eigenvalue weighted by Gasteiger charge is 2.34. The molecule has 0 radical (unpaired) electrons. The van der Waals surface area contributed by atoms with Gasteiger partial charge in [0.2, 0.25) is 5.91 Å². The number of rotatable bonds is 2. The van der Waals surface area contributed by atoms with E-state index in [0.29, 0.717) is 25.9 Å². The molecule has 1 unspecified atom stereocenters. The van der Waals surface area contributed by atoms with Gasteiger partial charge >= 0.3 is 5.97 Å². The maximum Gasteiger partial charge on any atom is 0.306 e. The molecule has 1 aromatic rings. The lowest BCUT2D eigenvalue weighted by Crippen LogP contribution is -2.44. The lowest BCUT2D eigenvalue weighted by atomic mass is 9.96. The minimum atomic E-state index is -0.736. The van der Waals surface area contributed by atoms with Crippen molar-refractivity contribution in [1.82, 2.24) is 4.90 Å². The van der Waals surface area contributed by atoms with Crippen LogP contribution in [-0.4, -0.2) is 40.2 Å². The molecule has 1 atom stereocenters. The van der Waals surface area contributed by atoms with Crippen LogP contribution >= 0.6 is 11.8 Å². The highest BCUT2D eigenvalue weighted by molar-refractivity contribution is 8.01. The van der Waals surface area contributed by atoms with Crippen LogP contribution in [0.5, 0.6) is 0 Å². The van der Waals surface area contributed by atoms with Crippen molar-refractivity contribution in [2.45, 2.75) is 29.4 Å². The maximum absolute atomic E-state index is 12.5. The van der Waals surface area contributed by atoms with Crippen LogP contribution in [0, 0.1) is 5.92 Å². The summed E-state index contributed by atoms with van der Waals surface area (Å²) in [5, 5.41) is 8.95. The van der Waals surface area contributed by atoms with Crippen LogP contribution in [0.25, 0.3) is 0 Å². The molecule has 2 aliphatic rings. The van der Waals surface area contributed by atoms with Gasteiger partial charge in [-0.25, -0.2) is 0 Å². The van der Waals surface area contributed by atoms with Gasteiger partial charge in [-0.05, 0) is 30.9 Å². The minimum Gasteiger partial charge on any atom is -0.481 e. The van der Waals surface area contributed by atoms with Gasteiger partial charge in [0.1, 0.15) is 0 Å². The number of amides is 1. The van der Waals surface area contributed by atoms with Crippen LogP contribution in [0.2, 0.25) is 0 Å². The first kappa shape index (κ1) is 13.5. The zero-order valence-electron chi connectivity index (χ0n) is 11.1. The number of likely N-dealkylation sites (tertiary alicyclic amines) is 1. The highest BCUT2D eigenvalue weighted by Crippen LogP contribution is 2.38. The molecule has 1 saturated heterocycles. The maximum atomic E-state index is 12.5. The topological polar surface area (TPSA) is 57.6 Å². The quantitative estimate of drug-likeness (QED) is 0.906. The van der Waals surface area contributed by atoms with E-state index in [1.54, 1.807) is 11.8 Å². The number of hydrogen-bond acceptors (Lipinski definition) is 3. The van der Waals surface area contributed by atoms with Gasteiger partial charge in [0.25, 0.3) is 0 Å². The normalized spacial score (nSPS) is 22.6. The number of hydrogen-bond donors (Lipinski definition) is 1. The van der Waals surface area contributed by atoms with Gasteiger partial charge in [-0.1, -0.05) is 18.2 Å². The molecule has 1 N–H and O–H groups in total. The molecular weight excluding hydrogens is 274 g/mol. The molecule has 4 nitrogen and oxygen atoms in total. The van der Waals surface area contributed by atoms with Gasteiger partial charge in [-0.15, -0.1) is 11.8 Å². The number of benzene rings is 1. The monoisotopic (exact) mass is 291 g/mol. The fourth-order valence-corrected chi connectivity index (χ4v) is 4.15. The molecule has 1 fully saturated rings. The molecule has 0 spiro atoms. The number of piperidine rings is 1. The summed E-state index contributed by atoms with van der Waals surface area (Å²) in [6.07, 6.45) is 1.94. The van der Waals surface area contributed by atoms with Crippen molar-refractivity contribution in [2.75, 3.05) is 13.1 Å². The van der Waals surface area contributed by atoms with Crippen LogP contribution in [0.15, 0.2) is 29.2 Å². The van der Waals surface area contributed by atoms with Gasteiger partial charge in [-0.2, -0.15) is 0 Å². The predicted molar refractivity (Wildman–Crippen MR) is 76.7 cm³/mol. The third-order valence-electron chi connectivity index (χ3n) is 4.08. The second kappa shape index (κ2) is 5.48. The third-order valence-corrected chi connectivity index (χ3v) is 5.38. The van der Waals surface area contributed by atoms with Crippen LogP contribution < -0.4 is 0 Å². The molecule has 0 aromatic heterocycles. The average molecular weight is 291 g/mol. The number of carbonyl (C=O) groups excluding carboxylic acids is 1. The largest absolute Gasteiger partial charge is 0.481 e. The van der Waals surface area contributed by atoms with Gasteiger partial charge in [-0.3, -0.25) is 9.59 Å². The van der Waals surface area contributed by atoms with Gasteiger partial charge in [0.15, 0.2) is 0 Å². The van der Waals surface area contributed by atoms with E-state index in [0.717, 1.165) is 6.42 Å². The van der Waals surface area contributed by atoms with Crippen LogP contribution in [0.1, 0.15) is 18.4 Å². The van der Waals surface area contributed by atoms with Crippen molar-refractivity contribution < 1.29 is 14.7 Å². The number of carboxylic acid groups (broad SMARTS) is 1. The Morgan fingerprint density at radius 1 is 1.20 bits per heavy atom. The molecule has 0 bridgehead atoms. The fraction of sp³-hybridized carbons (Fsp3) is 0.467. The van der Waals surface area contributed by atoms with Crippen molar-refractivity contribution in [2.24, 2.45) is 5.92 Å². The van der Waals surface area contributed by atoms with Crippen molar-refractivity contribution in [1.29, 1.82) is 0 Å². The highest BCUT2D eigenvalue weighted by atomic mass is 32.2. The van der Waals surface area contributed by atoms with E-state index in [2.05, 4.69) is 12.1 Å². The summed E-state index contributed by atoms with van der Waals surface area (Å²) in [7, 11) is 0. The summed E-state index contributed by atoms with van der Waals surface area (Å²) in [5.41, 5.74) is 1.25. The number of carboxylic acids is 1. The molecule has 106 valence electrons. The van der Waals surface area contributed by atoms with Gasteiger partial charge < -0.3 is 10.0 Å². The van der Waals surface area contributed by atoms with Gasteiger partial charge in [0.05, 0.1) is 11.2 Å². The predicted octanol–water partition coefficient (Wildman–Crippen LogP) is 2.03. The van der Waals surface area contributed by atoms with Gasteiger partial charge in [0, 0.05) is 18.0 Å². The first-order valence-electron chi connectivity index (χ1n) is 6.91. The number of aliphatic carboxylic acids is 1. The second-order valence-corrected chi connectivity index (χ2v) is 6.60. The molecule has 20 heavy (non-hydrogen) atoms. The van der Waals surface area contributed by atoms with E-state index in [4.69, 9.17) is 5.11 Å². The van der Waals surface area contributed by atoms with Crippen LogP contribution in [0.3, 0.4) is 0 Å². The number of carbonyl (C=O) groups is 2. The molecule has 1 aromatic carbocycles. The van der Waals surface area contributed by atoms with E-state index in [1.165, 1.54) is 10.5 Å². The van der Waals surface area contributed by atoms with Crippen LogP contribution in [-0.2, 0) is 16.0 Å². The SMILES string of the molecule is O=C(O)C1CCN(C(=O)C2Cc3ccccc3S2)CC1. The van der Waals surface area contributed by atoms with Crippen molar-refractivity contribution >= 4 is 23.6 Å². The number of fused-ring (bicyclic) bond motifs is 1. The Morgan fingerprint density at radius 3 is 2.55 bits per heavy atom. The smallest absolute Gasteiger partial charge is 0.306 e. The molecule has 0 saturated carbocycles. The summed E-state index contributed by atoms with van der Waals surface area (Å²) >= 11 is 1.64. The van der Waals surface area contributed by atoms with Crippen molar-refractivity contribution in [3.63, 3.8) is 0 Å². The molecule has 5 heteroatoms. The van der Waals surface area contributed by atoms with Crippen molar-refractivity contribution in [3.05, 3.63) is 29.8 Å². The molecule has 2 aliphatic heterocycles. The molecule has 2 heterocycles. The molecule has 1 amide bonds. The molecule has 0 aliphatic carbocycles. The Morgan fingerprint density at radius 2 is 1.90 bits per heavy atom. The Hall–Kier alpha value is -1.49. The molecular formula is C15H17NO3S. The summed E-state index contributed by atoms with van der Waals surface area (Å²) in [5.74, 6) is -0.859. The Kier molecular flexibility index (Phi) is 3.70. The summed E-state index contributed by atoms with van der Waals surface area (Å²) < 4.78 is 0. The first-order valence-corrected chi connectivity index (χ1v) is 7.79. The van der Waals surface area contributed by atoms with E-state index in [9.17, 15) is 9.59 Å². The van der Waals surface area contributed by atoms with E-state index in [-0.39, 0.29) is 17.1 Å². The standard InChI is InChI=1S/C15H17NO3S/c17-14(16-7-5-10(6-8-16)15(18)19)13-9-11-3-1-2-4-12(11)20-13/h1-4,10,13H,5-9H2,(H,18,19). The zero-order valence-corrected chi connectivity index (χ0v) is 11.9. The lowest BCUT2D eigenvalue weighted by molar-refractivity contribution is -0.145. The number of nitrogens with zero attached hydrogens (tertiary/aromatic N) is 1. The summed E-state index contributed by atoms with van der Waals surface area (Å²) in [6, 6.07) is 8.14. The van der Waals surface area contributed by atoms with Crippen molar-refractivity contribution in [3.8, 4) is 0 Å².